The first-order valence-electron chi connectivity index (χ1n) is 6.39. The topological polar surface area (TPSA) is 55.1 Å². The maximum absolute atomic E-state index is 11.2. The Balaban J connectivity index is 2.55. The molecule has 102 valence electrons. The minimum absolute atomic E-state index is 0.423. The van der Waals surface area contributed by atoms with E-state index in [1.807, 2.05) is 17.7 Å². The number of fused-ring (bicyclic) bond motifs is 1. The van der Waals surface area contributed by atoms with Crippen molar-refractivity contribution < 1.29 is 9.90 Å². The molecule has 1 aromatic carbocycles. The number of aliphatic carboxylic acids is 1. The van der Waals surface area contributed by atoms with Gasteiger partial charge in [0.25, 0.3) is 0 Å². The average Bonchev–Trinajstić information content (AvgIpc) is 2.61. The minimum atomic E-state index is -0.807. The first-order valence-corrected chi connectivity index (χ1v) is 6.39. The molecular weight excluding hydrogens is 240 g/mol. The van der Waals surface area contributed by atoms with Crippen LogP contribution >= 0.6 is 0 Å². The van der Waals surface area contributed by atoms with E-state index in [9.17, 15) is 9.90 Å². The molecule has 0 saturated carbocycles. The Hall–Kier alpha value is -1.84. The second-order valence-corrected chi connectivity index (χ2v) is 5.83. The Kier molecular flexibility index (Phi) is 3.12. The van der Waals surface area contributed by atoms with Crippen LogP contribution in [0.5, 0.6) is 0 Å². The van der Waals surface area contributed by atoms with Crippen LogP contribution in [-0.2, 0) is 18.3 Å². The number of carboxylic acids is 1. The summed E-state index contributed by atoms with van der Waals surface area (Å²) in [5, 5.41) is 9.23. The number of hydrogen-bond donors (Lipinski definition) is 1. The van der Waals surface area contributed by atoms with Gasteiger partial charge in [0.15, 0.2) is 0 Å². The first-order chi connectivity index (χ1) is 8.74. The molecule has 0 radical (unpaired) electrons. The monoisotopic (exact) mass is 260 g/mol. The van der Waals surface area contributed by atoms with Crippen molar-refractivity contribution in [2.45, 2.75) is 34.1 Å². The van der Waals surface area contributed by atoms with Crippen molar-refractivity contribution in [1.82, 2.24) is 9.55 Å². The van der Waals surface area contributed by atoms with Gasteiger partial charge in [-0.3, -0.25) is 4.79 Å². The molecule has 0 aliphatic carbocycles. The molecule has 4 nitrogen and oxygen atoms in total. The SMILES string of the molecule is Cc1ccc2nc(CC(C)(C)C(=O)O)n(C)c2c1C. The van der Waals surface area contributed by atoms with E-state index < -0.39 is 11.4 Å². The van der Waals surface area contributed by atoms with E-state index in [-0.39, 0.29) is 0 Å². The molecule has 0 amide bonds. The number of benzene rings is 1. The number of rotatable bonds is 3. The van der Waals surface area contributed by atoms with E-state index in [2.05, 4.69) is 24.9 Å². The largest absolute Gasteiger partial charge is 0.481 e. The van der Waals surface area contributed by atoms with E-state index in [1.165, 1.54) is 11.1 Å². The maximum atomic E-state index is 11.2. The van der Waals surface area contributed by atoms with Crippen LogP contribution in [0.2, 0.25) is 0 Å². The van der Waals surface area contributed by atoms with E-state index in [0.717, 1.165) is 16.9 Å². The highest BCUT2D eigenvalue weighted by Gasteiger charge is 2.29. The standard InChI is InChI=1S/C15H20N2O2/c1-9-6-7-11-13(10(9)2)17(5)12(16-11)8-15(3,4)14(18)19/h6-7H,8H2,1-5H3,(H,18,19). The van der Waals surface area contributed by atoms with Gasteiger partial charge in [-0.15, -0.1) is 0 Å². The molecule has 2 aromatic rings. The molecule has 0 aliphatic heterocycles. The van der Waals surface area contributed by atoms with Gasteiger partial charge in [-0.25, -0.2) is 4.98 Å². The fourth-order valence-electron chi connectivity index (χ4n) is 2.27. The molecule has 1 N–H and O–H groups in total. The summed E-state index contributed by atoms with van der Waals surface area (Å²) in [6.07, 6.45) is 0.423. The number of nitrogens with zero attached hydrogens (tertiary/aromatic N) is 2. The van der Waals surface area contributed by atoms with Crippen molar-refractivity contribution in [2.24, 2.45) is 12.5 Å². The van der Waals surface area contributed by atoms with Crippen LogP contribution in [0.15, 0.2) is 12.1 Å². The summed E-state index contributed by atoms with van der Waals surface area (Å²) >= 11 is 0. The van der Waals surface area contributed by atoms with Crippen LogP contribution in [0.4, 0.5) is 0 Å². The molecule has 0 spiro atoms. The van der Waals surface area contributed by atoms with Gasteiger partial charge in [-0.2, -0.15) is 0 Å². The van der Waals surface area contributed by atoms with Crippen LogP contribution in [0, 0.1) is 19.3 Å². The fourth-order valence-corrected chi connectivity index (χ4v) is 2.27. The third kappa shape index (κ3) is 2.23. The summed E-state index contributed by atoms with van der Waals surface area (Å²) in [4.78, 5) is 15.8. The van der Waals surface area contributed by atoms with Crippen molar-refractivity contribution in [2.75, 3.05) is 0 Å². The molecule has 19 heavy (non-hydrogen) atoms. The van der Waals surface area contributed by atoms with Gasteiger partial charge in [0, 0.05) is 13.5 Å². The zero-order valence-electron chi connectivity index (χ0n) is 12.1. The molecule has 2 rings (SSSR count). The van der Waals surface area contributed by atoms with Gasteiger partial charge >= 0.3 is 5.97 Å². The third-order valence-corrected chi connectivity index (χ3v) is 3.83. The highest BCUT2D eigenvalue weighted by molar-refractivity contribution is 5.81. The lowest BCUT2D eigenvalue weighted by molar-refractivity contribution is -0.146. The number of hydrogen-bond acceptors (Lipinski definition) is 2. The highest BCUT2D eigenvalue weighted by Crippen LogP contribution is 2.26. The number of imidazole rings is 1. The average molecular weight is 260 g/mol. The molecule has 0 unspecified atom stereocenters. The smallest absolute Gasteiger partial charge is 0.309 e. The van der Waals surface area contributed by atoms with Crippen molar-refractivity contribution >= 4 is 17.0 Å². The van der Waals surface area contributed by atoms with Gasteiger partial charge in [-0.1, -0.05) is 6.07 Å². The van der Waals surface area contributed by atoms with Gasteiger partial charge in [0.1, 0.15) is 5.82 Å². The van der Waals surface area contributed by atoms with Gasteiger partial charge in [0.05, 0.1) is 16.4 Å². The van der Waals surface area contributed by atoms with Gasteiger partial charge < -0.3 is 9.67 Å². The molecule has 0 aliphatic rings. The first kappa shape index (κ1) is 13.6. The van der Waals surface area contributed by atoms with Gasteiger partial charge in [0.2, 0.25) is 0 Å². The Morgan fingerprint density at radius 3 is 2.58 bits per heavy atom. The quantitative estimate of drug-likeness (QED) is 0.923. The Morgan fingerprint density at radius 1 is 1.37 bits per heavy atom. The third-order valence-electron chi connectivity index (χ3n) is 3.83. The summed E-state index contributed by atoms with van der Waals surface area (Å²) in [6, 6.07) is 4.05. The predicted octanol–water partition coefficient (Wildman–Crippen LogP) is 2.84. The van der Waals surface area contributed by atoms with Crippen LogP contribution in [-0.4, -0.2) is 20.6 Å². The van der Waals surface area contributed by atoms with Crippen molar-refractivity contribution in [1.29, 1.82) is 0 Å². The van der Waals surface area contributed by atoms with E-state index in [1.54, 1.807) is 13.8 Å². The Morgan fingerprint density at radius 2 is 2.00 bits per heavy atom. The van der Waals surface area contributed by atoms with E-state index in [4.69, 9.17) is 0 Å². The lowest BCUT2D eigenvalue weighted by atomic mass is 9.89. The summed E-state index contributed by atoms with van der Waals surface area (Å²) < 4.78 is 2.02. The summed E-state index contributed by atoms with van der Waals surface area (Å²) in [7, 11) is 1.95. The molecule has 1 heterocycles. The summed E-state index contributed by atoms with van der Waals surface area (Å²) in [6.45, 7) is 7.60. The van der Waals surface area contributed by atoms with Crippen LogP contribution in [0.1, 0.15) is 30.8 Å². The van der Waals surface area contributed by atoms with Crippen LogP contribution in [0.3, 0.4) is 0 Å². The zero-order chi connectivity index (χ0) is 14.4. The molecule has 0 saturated heterocycles. The van der Waals surface area contributed by atoms with E-state index in [0.29, 0.717) is 6.42 Å². The van der Waals surface area contributed by atoms with Crippen LogP contribution in [0.25, 0.3) is 11.0 Å². The minimum Gasteiger partial charge on any atom is -0.481 e. The van der Waals surface area contributed by atoms with Crippen molar-refractivity contribution in [3.63, 3.8) is 0 Å². The summed E-state index contributed by atoms with van der Waals surface area (Å²) in [5.41, 5.74) is 3.64. The van der Waals surface area contributed by atoms with Crippen molar-refractivity contribution in [3.05, 3.63) is 29.1 Å². The second-order valence-electron chi connectivity index (χ2n) is 5.83. The lowest BCUT2D eigenvalue weighted by Gasteiger charge is -2.18. The molecule has 0 bridgehead atoms. The highest BCUT2D eigenvalue weighted by atomic mass is 16.4. The predicted molar refractivity (Wildman–Crippen MR) is 75.3 cm³/mol. The molecule has 0 fully saturated rings. The van der Waals surface area contributed by atoms with E-state index >= 15 is 0 Å². The molecule has 0 atom stereocenters. The van der Waals surface area contributed by atoms with Gasteiger partial charge in [-0.05, 0) is 44.9 Å². The number of aryl methyl sites for hydroxylation is 3. The summed E-state index contributed by atoms with van der Waals surface area (Å²) in [5.74, 6) is 0.0172. The number of aromatic nitrogens is 2. The second kappa shape index (κ2) is 4.37. The number of carboxylic acid groups (broad SMARTS) is 1. The fraction of sp³-hybridized carbons (Fsp3) is 0.467. The Labute approximate surface area is 113 Å². The molecule has 1 aromatic heterocycles. The Bertz CT molecular complexity index is 654. The molecule has 4 heteroatoms. The van der Waals surface area contributed by atoms with Crippen LogP contribution < -0.4 is 0 Å². The molecular formula is C15H20N2O2. The number of carbonyl (C=O) groups is 1. The van der Waals surface area contributed by atoms with Crippen molar-refractivity contribution in [3.8, 4) is 0 Å². The lowest BCUT2D eigenvalue weighted by Crippen LogP contribution is -2.27. The zero-order valence-corrected chi connectivity index (χ0v) is 12.1. The normalized spacial score (nSPS) is 12.1. The maximum Gasteiger partial charge on any atom is 0.309 e.